The molecule has 90 valence electrons. The highest BCUT2D eigenvalue weighted by molar-refractivity contribution is 6.02. The Labute approximate surface area is 99.6 Å². The highest BCUT2D eigenvalue weighted by Gasteiger charge is 2.17. The van der Waals surface area contributed by atoms with Gasteiger partial charge in [-0.25, -0.2) is 0 Å². The first-order valence-corrected chi connectivity index (χ1v) is 4.26. The van der Waals surface area contributed by atoms with E-state index in [2.05, 4.69) is 5.16 Å². The second-order valence-electron chi connectivity index (χ2n) is 3.15. The van der Waals surface area contributed by atoms with Gasteiger partial charge in [-0.1, -0.05) is 5.16 Å². The van der Waals surface area contributed by atoms with Gasteiger partial charge >= 0.3 is 0 Å². The molecule has 1 aromatic heterocycles. The van der Waals surface area contributed by atoms with Crippen LogP contribution in [0.2, 0.25) is 0 Å². The van der Waals surface area contributed by atoms with E-state index in [0.717, 1.165) is 5.56 Å². The zero-order chi connectivity index (χ0) is 11.6. The first-order chi connectivity index (χ1) is 6.95. The van der Waals surface area contributed by atoms with Gasteiger partial charge in [-0.2, -0.15) is 0 Å². The maximum atomic E-state index is 7.75. The molecule has 16 heavy (non-hydrogen) atoms. The van der Waals surface area contributed by atoms with E-state index in [1.807, 2.05) is 6.92 Å². The van der Waals surface area contributed by atoms with Gasteiger partial charge in [0.05, 0.1) is 0 Å². The molecule has 1 heterocycles. The topological polar surface area (TPSA) is 106 Å². The van der Waals surface area contributed by atoms with Gasteiger partial charge in [-0.05, 0) is 6.92 Å². The van der Waals surface area contributed by atoms with Gasteiger partial charge in [0.25, 0.3) is 0 Å². The van der Waals surface area contributed by atoms with Crippen molar-refractivity contribution in [1.29, 1.82) is 10.8 Å². The van der Waals surface area contributed by atoms with Gasteiger partial charge in [-0.3, -0.25) is 20.6 Å². The normalized spacial score (nSPS) is 9.19. The molecule has 1 aromatic rings. The third kappa shape index (κ3) is 2.63. The Bertz CT molecular complexity index is 390. The smallest absolute Gasteiger partial charge is 0.205 e. The molecule has 0 saturated heterocycles. The highest BCUT2D eigenvalue weighted by atomic mass is 35.5. The molecule has 0 radical (unpaired) electrons. The Kier molecular flexibility index (Phi) is 4.77. The Morgan fingerprint density at radius 3 is 2.38 bits per heavy atom. The first-order valence-electron chi connectivity index (χ1n) is 4.26. The van der Waals surface area contributed by atoms with Crippen LogP contribution in [0, 0.1) is 17.7 Å². The fourth-order valence-electron chi connectivity index (χ4n) is 1.05. The van der Waals surface area contributed by atoms with Crippen LogP contribution in [0.4, 0.5) is 5.82 Å². The number of rotatable bonds is 1. The minimum Gasteiger partial charge on any atom is -0.370 e. The van der Waals surface area contributed by atoms with Crippen molar-refractivity contribution in [2.45, 2.75) is 6.92 Å². The van der Waals surface area contributed by atoms with E-state index >= 15 is 0 Å². The lowest BCUT2D eigenvalue weighted by Crippen LogP contribution is -2.46. The summed E-state index contributed by atoms with van der Waals surface area (Å²) in [6, 6.07) is 0. The number of nitrogens with two attached hydrogens (primary N) is 1. The average molecular weight is 247 g/mol. The van der Waals surface area contributed by atoms with Crippen molar-refractivity contribution in [3.63, 3.8) is 0 Å². The molecule has 1 rings (SSSR count). The summed E-state index contributed by atoms with van der Waals surface area (Å²) in [5, 5.41) is 18.7. The number of aryl methyl sites for hydroxylation is 1. The third-order valence-corrected chi connectivity index (χ3v) is 2.04. The SMILES string of the molecule is Cc1conc1N(C)C(=N)N(C)C(=N)N.Cl. The molecule has 0 bridgehead atoms. The van der Waals surface area contributed by atoms with Crippen molar-refractivity contribution in [3.05, 3.63) is 11.8 Å². The maximum absolute atomic E-state index is 7.75. The monoisotopic (exact) mass is 246 g/mol. The zero-order valence-electron chi connectivity index (χ0n) is 9.31. The van der Waals surface area contributed by atoms with Crippen LogP contribution >= 0.6 is 12.4 Å². The Morgan fingerprint density at radius 2 is 2.00 bits per heavy atom. The lowest BCUT2D eigenvalue weighted by Gasteiger charge is -2.24. The lowest BCUT2D eigenvalue weighted by molar-refractivity contribution is 0.420. The minimum absolute atomic E-state index is 0. The molecule has 0 amide bonds. The van der Waals surface area contributed by atoms with Crippen LogP contribution in [0.5, 0.6) is 0 Å². The summed E-state index contributed by atoms with van der Waals surface area (Å²) < 4.78 is 4.77. The third-order valence-electron chi connectivity index (χ3n) is 2.04. The molecule has 0 unspecified atom stereocenters. The Hall–Kier alpha value is -1.76. The Balaban J connectivity index is 0.00000225. The summed E-state index contributed by atoms with van der Waals surface area (Å²) in [6.07, 6.45) is 1.49. The summed E-state index contributed by atoms with van der Waals surface area (Å²) in [6.45, 7) is 1.82. The van der Waals surface area contributed by atoms with Crippen molar-refractivity contribution in [1.82, 2.24) is 10.1 Å². The molecular formula is C8H15ClN6O. The van der Waals surface area contributed by atoms with Crippen LogP contribution in [-0.2, 0) is 0 Å². The second-order valence-corrected chi connectivity index (χ2v) is 3.15. The highest BCUT2D eigenvalue weighted by Crippen LogP contribution is 2.15. The number of nitrogens with one attached hydrogen (secondary N) is 2. The quantitative estimate of drug-likeness (QED) is 0.497. The molecule has 0 aliphatic rings. The van der Waals surface area contributed by atoms with Gasteiger partial charge in [0.1, 0.15) is 6.26 Å². The van der Waals surface area contributed by atoms with Crippen LogP contribution < -0.4 is 10.6 Å². The van der Waals surface area contributed by atoms with E-state index in [1.165, 1.54) is 23.1 Å². The standard InChI is InChI=1S/C8H14N6O.ClH/c1-5-4-15-12-6(5)13(2)8(11)14(3)7(9)10;/h4,11H,1-3H3,(H3,9,10);1H. The molecule has 0 aromatic carbocycles. The molecule has 0 atom stereocenters. The summed E-state index contributed by atoms with van der Waals surface area (Å²) in [7, 11) is 3.20. The zero-order valence-corrected chi connectivity index (χ0v) is 10.1. The van der Waals surface area contributed by atoms with E-state index in [0.29, 0.717) is 5.82 Å². The molecule has 0 aliphatic heterocycles. The Morgan fingerprint density at radius 1 is 1.44 bits per heavy atom. The molecule has 0 aliphatic carbocycles. The number of halogens is 1. The van der Waals surface area contributed by atoms with Crippen LogP contribution in [0.15, 0.2) is 10.8 Å². The molecule has 0 saturated carbocycles. The number of aromatic nitrogens is 1. The van der Waals surface area contributed by atoms with Crippen molar-refractivity contribution >= 4 is 30.1 Å². The van der Waals surface area contributed by atoms with E-state index in [1.54, 1.807) is 7.05 Å². The largest absolute Gasteiger partial charge is 0.370 e. The number of nitrogens with zero attached hydrogens (tertiary/aromatic N) is 3. The molecule has 4 N–H and O–H groups in total. The van der Waals surface area contributed by atoms with Crippen LogP contribution in [0.3, 0.4) is 0 Å². The van der Waals surface area contributed by atoms with E-state index in [4.69, 9.17) is 21.1 Å². The predicted octanol–water partition coefficient (Wildman–Crippen LogP) is 0.601. The number of anilines is 1. The molecular weight excluding hydrogens is 232 g/mol. The van der Waals surface area contributed by atoms with Crippen molar-refractivity contribution in [3.8, 4) is 0 Å². The van der Waals surface area contributed by atoms with Gasteiger partial charge in [0.2, 0.25) is 5.96 Å². The summed E-state index contributed by atoms with van der Waals surface area (Å²) in [5.41, 5.74) is 6.08. The van der Waals surface area contributed by atoms with E-state index < -0.39 is 0 Å². The van der Waals surface area contributed by atoms with E-state index in [-0.39, 0.29) is 24.3 Å². The lowest BCUT2D eigenvalue weighted by atomic mass is 10.3. The van der Waals surface area contributed by atoms with Gasteiger partial charge in [0, 0.05) is 19.7 Å². The summed E-state index contributed by atoms with van der Waals surface area (Å²) >= 11 is 0. The van der Waals surface area contributed by atoms with Gasteiger partial charge in [-0.15, -0.1) is 12.4 Å². The molecule has 7 nitrogen and oxygen atoms in total. The van der Waals surface area contributed by atoms with Gasteiger partial charge in [0.15, 0.2) is 11.8 Å². The number of hydrogen-bond donors (Lipinski definition) is 3. The number of guanidine groups is 2. The van der Waals surface area contributed by atoms with Crippen LogP contribution in [0.25, 0.3) is 0 Å². The second kappa shape index (κ2) is 5.36. The molecule has 8 heteroatoms. The fourth-order valence-corrected chi connectivity index (χ4v) is 1.05. The van der Waals surface area contributed by atoms with Gasteiger partial charge < -0.3 is 10.3 Å². The van der Waals surface area contributed by atoms with Crippen LogP contribution in [-0.4, -0.2) is 36.1 Å². The number of hydrogen-bond acceptors (Lipinski definition) is 4. The summed E-state index contributed by atoms with van der Waals surface area (Å²) in [4.78, 5) is 2.72. The fraction of sp³-hybridized carbons (Fsp3) is 0.375. The summed E-state index contributed by atoms with van der Waals surface area (Å²) in [5.74, 6) is 0.389. The van der Waals surface area contributed by atoms with Crippen molar-refractivity contribution < 1.29 is 4.52 Å². The average Bonchev–Trinajstić information content (AvgIpc) is 2.60. The van der Waals surface area contributed by atoms with Crippen molar-refractivity contribution in [2.24, 2.45) is 5.73 Å². The molecule has 0 fully saturated rings. The molecule has 0 spiro atoms. The van der Waals surface area contributed by atoms with Crippen molar-refractivity contribution in [2.75, 3.05) is 19.0 Å². The first kappa shape index (κ1) is 14.2. The minimum atomic E-state index is -0.201. The maximum Gasteiger partial charge on any atom is 0.205 e. The predicted molar refractivity (Wildman–Crippen MR) is 64.3 cm³/mol. The van der Waals surface area contributed by atoms with E-state index in [9.17, 15) is 0 Å². The van der Waals surface area contributed by atoms with Crippen LogP contribution in [0.1, 0.15) is 5.56 Å².